The molecule has 2 atom stereocenters. The molecule has 0 aliphatic carbocycles. The van der Waals surface area contributed by atoms with Crippen LogP contribution in [-0.2, 0) is 9.47 Å². The molecule has 0 rings (SSSR count). The third-order valence-electron chi connectivity index (χ3n) is 1.59. The van der Waals surface area contributed by atoms with Gasteiger partial charge in [-0.2, -0.15) is 0 Å². The van der Waals surface area contributed by atoms with E-state index in [9.17, 15) is 0 Å². The second-order valence-electron chi connectivity index (χ2n) is 2.60. The van der Waals surface area contributed by atoms with Gasteiger partial charge in [0.15, 0.2) is 0 Å². The summed E-state index contributed by atoms with van der Waals surface area (Å²) in [7, 11) is 1.70. The van der Waals surface area contributed by atoms with Crippen molar-refractivity contribution in [2.75, 3.05) is 13.7 Å². The molecule has 0 N–H and O–H groups in total. The summed E-state index contributed by atoms with van der Waals surface area (Å²) in [6, 6.07) is 0. The van der Waals surface area contributed by atoms with E-state index in [0.717, 1.165) is 6.42 Å². The highest BCUT2D eigenvalue weighted by atomic mass is 16.5. The molecule has 0 heterocycles. The van der Waals surface area contributed by atoms with Crippen molar-refractivity contribution in [1.82, 2.24) is 0 Å². The molecule has 0 saturated heterocycles. The smallest absolute Gasteiger partial charge is 0.0776 e. The summed E-state index contributed by atoms with van der Waals surface area (Å²) in [6.07, 6.45) is 1.64. The fraction of sp³-hybridized carbons (Fsp3) is 1.00. The first-order chi connectivity index (χ1) is 4.70. The molecule has 0 aliphatic rings. The summed E-state index contributed by atoms with van der Waals surface area (Å²) < 4.78 is 10.4. The quantitative estimate of drug-likeness (QED) is 0.589. The molecule has 0 radical (unpaired) electrons. The molecule has 0 aromatic carbocycles. The van der Waals surface area contributed by atoms with E-state index in [0.29, 0.717) is 12.7 Å². The number of hydrogen-bond acceptors (Lipinski definition) is 2. The minimum absolute atomic E-state index is 0.217. The lowest BCUT2D eigenvalue weighted by atomic mass is 10.3. The van der Waals surface area contributed by atoms with Gasteiger partial charge in [-0.05, 0) is 20.3 Å². The van der Waals surface area contributed by atoms with E-state index in [1.165, 1.54) is 0 Å². The maximum Gasteiger partial charge on any atom is 0.0776 e. The molecule has 2 nitrogen and oxygen atoms in total. The maximum absolute atomic E-state index is 5.42. The van der Waals surface area contributed by atoms with Gasteiger partial charge in [0.05, 0.1) is 18.8 Å². The lowest BCUT2D eigenvalue weighted by molar-refractivity contribution is -0.0141. The first kappa shape index (κ1) is 9.92. The predicted octanol–water partition coefficient (Wildman–Crippen LogP) is 1.84. The summed E-state index contributed by atoms with van der Waals surface area (Å²) >= 11 is 0. The Kier molecular flexibility index (Phi) is 5.64. The van der Waals surface area contributed by atoms with Crippen molar-refractivity contribution in [3.63, 3.8) is 0 Å². The number of hydrogen-bond donors (Lipinski definition) is 0. The number of methoxy groups -OCH3 is 1. The van der Waals surface area contributed by atoms with Crippen LogP contribution in [0.5, 0.6) is 0 Å². The van der Waals surface area contributed by atoms with Crippen LogP contribution in [0, 0.1) is 0 Å². The monoisotopic (exact) mass is 146 g/mol. The Bertz CT molecular complexity index is 63.7. The largest absolute Gasteiger partial charge is 0.379 e. The Labute approximate surface area is 63.5 Å². The molecule has 0 aliphatic heterocycles. The Balaban J connectivity index is 3.17. The SMILES string of the molecule is CC[C@H](C)OC[C@@H](C)OC. The van der Waals surface area contributed by atoms with Crippen LogP contribution < -0.4 is 0 Å². The van der Waals surface area contributed by atoms with Crippen LogP contribution in [0.25, 0.3) is 0 Å². The van der Waals surface area contributed by atoms with Crippen LogP contribution in [0.15, 0.2) is 0 Å². The topological polar surface area (TPSA) is 18.5 Å². The zero-order chi connectivity index (χ0) is 7.98. The first-order valence-electron chi connectivity index (χ1n) is 3.85. The highest BCUT2D eigenvalue weighted by molar-refractivity contribution is 4.49. The van der Waals surface area contributed by atoms with Crippen molar-refractivity contribution in [3.05, 3.63) is 0 Å². The zero-order valence-electron chi connectivity index (χ0n) is 7.39. The van der Waals surface area contributed by atoms with Gasteiger partial charge in [0, 0.05) is 7.11 Å². The van der Waals surface area contributed by atoms with Gasteiger partial charge in [-0.25, -0.2) is 0 Å². The second-order valence-corrected chi connectivity index (χ2v) is 2.60. The molecule has 0 unspecified atom stereocenters. The predicted molar refractivity (Wildman–Crippen MR) is 42.2 cm³/mol. The second kappa shape index (κ2) is 5.69. The third kappa shape index (κ3) is 4.77. The van der Waals surface area contributed by atoms with Crippen molar-refractivity contribution < 1.29 is 9.47 Å². The first-order valence-corrected chi connectivity index (χ1v) is 3.85. The van der Waals surface area contributed by atoms with Gasteiger partial charge in [0.1, 0.15) is 0 Å². The molecule has 62 valence electrons. The fourth-order valence-electron chi connectivity index (χ4n) is 0.486. The Morgan fingerprint density at radius 3 is 2.20 bits per heavy atom. The van der Waals surface area contributed by atoms with Crippen LogP contribution in [0.1, 0.15) is 27.2 Å². The highest BCUT2D eigenvalue weighted by Crippen LogP contribution is 1.98. The van der Waals surface area contributed by atoms with Gasteiger partial charge >= 0.3 is 0 Å². The molecule has 0 saturated carbocycles. The van der Waals surface area contributed by atoms with Crippen LogP contribution in [-0.4, -0.2) is 25.9 Å². The minimum atomic E-state index is 0.217. The Morgan fingerprint density at radius 2 is 1.80 bits per heavy atom. The minimum Gasteiger partial charge on any atom is -0.379 e. The van der Waals surface area contributed by atoms with E-state index in [1.54, 1.807) is 7.11 Å². The lowest BCUT2D eigenvalue weighted by Crippen LogP contribution is -2.18. The van der Waals surface area contributed by atoms with Crippen molar-refractivity contribution in [2.24, 2.45) is 0 Å². The molecule has 0 aromatic heterocycles. The van der Waals surface area contributed by atoms with E-state index in [2.05, 4.69) is 13.8 Å². The number of rotatable bonds is 5. The molecule has 0 amide bonds. The van der Waals surface area contributed by atoms with Gasteiger partial charge < -0.3 is 9.47 Å². The molecular weight excluding hydrogens is 128 g/mol. The van der Waals surface area contributed by atoms with Crippen LogP contribution >= 0.6 is 0 Å². The molecular formula is C8H18O2. The summed E-state index contributed by atoms with van der Waals surface area (Å²) in [5.74, 6) is 0. The molecule has 0 bridgehead atoms. The summed E-state index contributed by atoms with van der Waals surface area (Å²) in [5.41, 5.74) is 0. The lowest BCUT2D eigenvalue weighted by Gasteiger charge is -2.14. The number of ether oxygens (including phenoxy) is 2. The standard InChI is InChI=1S/C8H18O2/c1-5-7(2)10-6-8(3)9-4/h7-8H,5-6H2,1-4H3/t7-,8+/m0/s1. The summed E-state index contributed by atoms with van der Waals surface area (Å²) in [6.45, 7) is 6.89. The van der Waals surface area contributed by atoms with Crippen molar-refractivity contribution in [3.8, 4) is 0 Å². The molecule has 0 spiro atoms. The average molecular weight is 146 g/mol. The van der Waals surface area contributed by atoms with Crippen molar-refractivity contribution >= 4 is 0 Å². The van der Waals surface area contributed by atoms with Gasteiger partial charge in [-0.15, -0.1) is 0 Å². The molecule has 2 heteroatoms. The summed E-state index contributed by atoms with van der Waals surface area (Å²) in [5, 5.41) is 0. The van der Waals surface area contributed by atoms with Gasteiger partial charge in [0.25, 0.3) is 0 Å². The van der Waals surface area contributed by atoms with Gasteiger partial charge in [0.2, 0.25) is 0 Å². The molecule has 10 heavy (non-hydrogen) atoms. The van der Waals surface area contributed by atoms with E-state index in [-0.39, 0.29) is 6.10 Å². The fourth-order valence-corrected chi connectivity index (χ4v) is 0.486. The van der Waals surface area contributed by atoms with E-state index in [4.69, 9.17) is 9.47 Å². The Morgan fingerprint density at radius 1 is 1.20 bits per heavy atom. The average Bonchev–Trinajstić information content (AvgIpc) is 1.99. The maximum atomic E-state index is 5.42. The van der Waals surface area contributed by atoms with Crippen LogP contribution in [0.2, 0.25) is 0 Å². The highest BCUT2D eigenvalue weighted by Gasteiger charge is 2.02. The van der Waals surface area contributed by atoms with Gasteiger partial charge in [-0.1, -0.05) is 6.92 Å². The van der Waals surface area contributed by atoms with Crippen LogP contribution in [0.3, 0.4) is 0 Å². The zero-order valence-corrected chi connectivity index (χ0v) is 7.39. The summed E-state index contributed by atoms with van der Waals surface area (Å²) in [4.78, 5) is 0. The van der Waals surface area contributed by atoms with Gasteiger partial charge in [-0.3, -0.25) is 0 Å². The van der Waals surface area contributed by atoms with Crippen LogP contribution in [0.4, 0.5) is 0 Å². The molecule has 0 fully saturated rings. The normalized spacial score (nSPS) is 16.8. The van der Waals surface area contributed by atoms with E-state index in [1.807, 2.05) is 6.92 Å². The van der Waals surface area contributed by atoms with E-state index < -0.39 is 0 Å². The Hall–Kier alpha value is -0.0800. The van der Waals surface area contributed by atoms with E-state index >= 15 is 0 Å². The van der Waals surface area contributed by atoms with Crippen molar-refractivity contribution in [2.45, 2.75) is 39.4 Å². The van der Waals surface area contributed by atoms with Crippen molar-refractivity contribution in [1.29, 1.82) is 0 Å². The molecule has 0 aromatic rings. The third-order valence-corrected chi connectivity index (χ3v) is 1.59.